The summed E-state index contributed by atoms with van der Waals surface area (Å²) in [6.45, 7) is 8.60. The van der Waals surface area contributed by atoms with Gasteiger partial charge in [-0.2, -0.15) is 0 Å². The summed E-state index contributed by atoms with van der Waals surface area (Å²) in [5.41, 5.74) is 0. The molecule has 0 spiro atoms. The fourth-order valence-corrected chi connectivity index (χ4v) is 3.10. The second kappa shape index (κ2) is 7.34. The minimum absolute atomic E-state index is 0.773. The average molecular weight is 239 g/mol. The highest BCUT2D eigenvalue weighted by Gasteiger charge is 2.17. The Morgan fingerprint density at radius 3 is 2.76 bits per heavy atom. The maximum atomic E-state index is 3.71. The van der Waals surface area contributed by atoms with Gasteiger partial charge in [-0.15, -0.1) is 0 Å². The summed E-state index contributed by atoms with van der Waals surface area (Å²) in [5, 5.41) is 7.12. The van der Waals surface area contributed by atoms with E-state index in [0.29, 0.717) is 0 Å². The number of nitrogens with one attached hydrogen (secondary N) is 2. The molecule has 17 heavy (non-hydrogen) atoms. The Labute approximate surface area is 106 Å². The van der Waals surface area contributed by atoms with Crippen LogP contribution in [0.2, 0.25) is 0 Å². The third-order valence-electron chi connectivity index (χ3n) is 4.33. The topological polar surface area (TPSA) is 27.3 Å². The quantitative estimate of drug-likeness (QED) is 0.714. The maximum Gasteiger partial charge on any atom is 0.00912 e. The Hall–Kier alpha value is -0.120. The van der Waals surface area contributed by atoms with E-state index in [9.17, 15) is 0 Å². The highest BCUT2D eigenvalue weighted by atomic mass is 15.2. The van der Waals surface area contributed by atoms with Gasteiger partial charge in [-0.1, -0.05) is 6.42 Å². The number of hydrogen-bond donors (Lipinski definition) is 2. The Kier molecular flexibility index (Phi) is 5.75. The number of hydrogen-bond acceptors (Lipinski definition) is 3. The molecule has 0 saturated carbocycles. The second-order valence-electron chi connectivity index (χ2n) is 5.71. The summed E-state index contributed by atoms with van der Waals surface area (Å²) in [4.78, 5) is 2.67. The molecule has 1 atom stereocenters. The smallest absolute Gasteiger partial charge is 0.00912 e. The van der Waals surface area contributed by atoms with Crippen LogP contribution in [0.15, 0.2) is 0 Å². The van der Waals surface area contributed by atoms with E-state index >= 15 is 0 Å². The first-order valence-corrected chi connectivity index (χ1v) is 7.54. The van der Waals surface area contributed by atoms with Gasteiger partial charge in [0.15, 0.2) is 0 Å². The van der Waals surface area contributed by atoms with Crippen molar-refractivity contribution in [2.24, 2.45) is 0 Å². The van der Waals surface area contributed by atoms with Gasteiger partial charge in [0.2, 0.25) is 0 Å². The van der Waals surface area contributed by atoms with Crippen LogP contribution in [0.1, 0.15) is 45.4 Å². The van der Waals surface area contributed by atoms with Gasteiger partial charge in [0, 0.05) is 12.1 Å². The van der Waals surface area contributed by atoms with Gasteiger partial charge in [0.05, 0.1) is 0 Å². The fraction of sp³-hybridized carbons (Fsp3) is 1.00. The molecular weight excluding hydrogens is 210 g/mol. The summed E-state index contributed by atoms with van der Waals surface area (Å²) < 4.78 is 0. The Balaban J connectivity index is 1.53. The molecule has 0 aromatic rings. The van der Waals surface area contributed by atoms with Crippen LogP contribution in [0, 0.1) is 0 Å². The fourth-order valence-electron chi connectivity index (χ4n) is 3.10. The summed E-state index contributed by atoms with van der Waals surface area (Å²) in [6, 6.07) is 1.60. The molecule has 0 amide bonds. The van der Waals surface area contributed by atoms with E-state index in [-0.39, 0.29) is 0 Å². The van der Waals surface area contributed by atoms with E-state index in [2.05, 4.69) is 22.5 Å². The third kappa shape index (κ3) is 4.57. The van der Waals surface area contributed by atoms with E-state index in [4.69, 9.17) is 0 Å². The highest BCUT2D eigenvalue weighted by molar-refractivity contribution is 4.76. The summed E-state index contributed by atoms with van der Waals surface area (Å²) in [6.07, 6.45) is 8.17. The molecule has 2 N–H and O–H groups in total. The first-order chi connectivity index (χ1) is 8.36. The normalized spacial score (nSPS) is 28.4. The molecule has 2 aliphatic rings. The van der Waals surface area contributed by atoms with Crippen LogP contribution in [-0.2, 0) is 0 Å². The lowest BCUT2D eigenvalue weighted by atomic mass is 10.0. The third-order valence-corrected chi connectivity index (χ3v) is 4.33. The predicted octanol–water partition coefficient (Wildman–Crippen LogP) is 1.59. The van der Waals surface area contributed by atoms with Crippen molar-refractivity contribution in [2.45, 2.75) is 57.5 Å². The van der Waals surface area contributed by atoms with Gasteiger partial charge in [-0.25, -0.2) is 0 Å². The van der Waals surface area contributed by atoms with Crippen LogP contribution in [0.5, 0.6) is 0 Å². The number of piperidine rings is 2. The zero-order chi connectivity index (χ0) is 11.9. The molecule has 3 nitrogen and oxygen atoms in total. The summed E-state index contributed by atoms with van der Waals surface area (Å²) >= 11 is 0. The van der Waals surface area contributed by atoms with Gasteiger partial charge in [-0.05, 0) is 71.8 Å². The van der Waals surface area contributed by atoms with Gasteiger partial charge >= 0.3 is 0 Å². The molecule has 2 heterocycles. The van der Waals surface area contributed by atoms with E-state index in [1.165, 1.54) is 71.2 Å². The molecule has 0 aromatic carbocycles. The van der Waals surface area contributed by atoms with Crippen molar-refractivity contribution in [3.8, 4) is 0 Å². The molecule has 0 radical (unpaired) electrons. The van der Waals surface area contributed by atoms with Crippen molar-refractivity contribution in [1.29, 1.82) is 0 Å². The molecule has 3 heteroatoms. The van der Waals surface area contributed by atoms with Crippen molar-refractivity contribution >= 4 is 0 Å². The van der Waals surface area contributed by atoms with Crippen molar-refractivity contribution < 1.29 is 0 Å². The predicted molar refractivity (Wildman–Crippen MR) is 73.4 cm³/mol. The first-order valence-electron chi connectivity index (χ1n) is 7.54. The molecule has 0 bridgehead atoms. The molecular formula is C14H29N3. The monoisotopic (exact) mass is 239 g/mol. The van der Waals surface area contributed by atoms with Crippen molar-refractivity contribution in [3.63, 3.8) is 0 Å². The molecule has 2 aliphatic heterocycles. The lowest BCUT2D eigenvalue weighted by molar-refractivity contribution is 0.158. The Morgan fingerprint density at radius 2 is 2.00 bits per heavy atom. The van der Waals surface area contributed by atoms with Gasteiger partial charge < -0.3 is 15.5 Å². The van der Waals surface area contributed by atoms with Crippen LogP contribution in [-0.4, -0.2) is 49.7 Å². The van der Waals surface area contributed by atoms with E-state index in [1.807, 2.05) is 0 Å². The zero-order valence-electron chi connectivity index (χ0n) is 11.4. The highest BCUT2D eigenvalue weighted by Crippen LogP contribution is 2.16. The first kappa shape index (κ1) is 13.3. The lowest BCUT2D eigenvalue weighted by Gasteiger charge is -2.33. The number of likely N-dealkylation sites (tertiary alicyclic amines) is 1. The molecule has 1 unspecified atom stereocenters. The van der Waals surface area contributed by atoms with Crippen LogP contribution in [0.4, 0.5) is 0 Å². The maximum absolute atomic E-state index is 3.71. The Bertz CT molecular complexity index is 202. The Morgan fingerprint density at radius 1 is 1.18 bits per heavy atom. The SMILES string of the molecule is CC1CCCCN1CCCNC1CCNCC1. The molecule has 2 fully saturated rings. The van der Waals surface area contributed by atoms with Crippen molar-refractivity contribution in [1.82, 2.24) is 15.5 Å². The molecule has 2 rings (SSSR count). The van der Waals surface area contributed by atoms with E-state index in [1.54, 1.807) is 0 Å². The molecule has 0 aromatic heterocycles. The van der Waals surface area contributed by atoms with Crippen LogP contribution in [0.25, 0.3) is 0 Å². The number of nitrogens with zero attached hydrogens (tertiary/aromatic N) is 1. The van der Waals surface area contributed by atoms with Gasteiger partial charge in [-0.3, -0.25) is 0 Å². The standard InChI is InChI=1S/C14H29N3/c1-13-5-2-3-11-17(13)12-4-8-16-14-6-9-15-10-7-14/h13-16H,2-12H2,1H3. The van der Waals surface area contributed by atoms with Crippen molar-refractivity contribution in [3.05, 3.63) is 0 Å². The molecule has 0 aliphatic carbocycles. The number of rotatable bonds is 5. The minimum atomic E-state index is 0.773. The lowest BCUT2D eigenvalue weighted by Crippen LogP contribution is -2.42. The summed E-state index contributed by atoms with van der Waals surface area (Å²) in [5.74, 6) is 0. The van der Waals surface area contributed by atoms with E-state index in [0.717, 1.165) is 12.1 Å². The van der Waals surface area contributed by atoms with Crippen LogP contribution >= 0.6 is 0 Å². The average Bonchev–Trinajstić information content (AvgIpc) is 2.38. The molecule has 2 saturated heterocycles. The van der Waals surface area contributed by atoms with Gasteiger partial charge in [0.25, 0.3) is 0 Å². The second-order valence-corrected chi connectivity index (χ2v) is 5.71. The largest absolute Gasteiger partial charge is 0.317 e. The van der Waals surface area contributed by atoms with Gasteiger partial charge in [0.1, 0.15) is 0 Å². The summed E-state index contributed by atoms with van der Waals surface area (Å²) in [7, 11) is 0. The van der Waals surface area contributed by atoms with Crippen LogP contribution in [0.3, 0.4) is 0 Å². The van der Waals surface area contributed by atoms with Crippen molar-refractivity contribution in [2.75, 3.05) is 32.7 Å². The minimum Gasteiger partial charge on any atom is -0.317 e. The zero-order valence-corrected chi connectivity index (χ0v) is 11.4. The van der Waals surface area contributed by atoms with E-state index < -0.39 is 0 Å². The van der Waals surface area contributed by atoms with Crippen LogP contribution < -0.4 is 10.6 Å². The molecule has 100 valence electrons.